The number of hydrogen-bond acceptors (Lipinski definition) is 2. The second-order valence-electron chi connectivity index (χ2n) is 5.26. The van der Waals surface area contributed by atoms with Crippen molar-refractivity contribution in [2.75, 3.05) is 6.54 Å². The summed E-state index contributed by atoms with van der Waals surface area (Å²) in [5.74, 6) is -2.74. The van der Waals surface area contributed by atoms with E-state index in [0.29, 0.717) is 19.5 Å². The summed E-state index contributed by atoms with van der Waals surface area (Å²) in [4.78, 5) is 1.81. The molecule has 2 rings (SSSR count). The van der Waals surface area contributed by atoms with Crippen LogP contribution in [0.5, 0.6) is 0 Å². The molecule has 2 unspecified atom stereocenters. The van der Waals surface area contributed by atoms with Crippen molar-refractivity contribution >= 4 is 0 Å². The lowest BCUT2D eigenvalue weighted by Gasteiger charge is -2.41. The van der Waals surface area contributed by atoms with Crippen LogP contribution in [0.4, 0.5) is 8.78 Å². The molecule has 106 valence electrons. The van der Waals surface area contributed by atoms with E-state index >= 15 is 0 Å². The predicted octanol–water partition coefficient (Wildman–Crippen LogP) is 3.06. The molecule has 1 heterocycles. The lowest BCUT2D eigenvalue weighted by atomic mass is 9.92. The fourth-order valence-electron chi connectivity index (χ4n) is 2.68. The molecule has 0 aromatic heterocycles. The normalized spacial score (nSPS) is 25.5. The van der Waals surface area contributed by atoms with Crippen LogP contribution in [0.3, 0.4) is 0 Å². The van der Waals surface area contributed by atoms with Crippen LogP contribution in [-0.2, 0) is 6.54 Å². The molecule has 0 bridgehead atoms. The molecule has 0 aliphatic carbocycles. The molecule has 0 spiro atoms. The van der Waals surface area contributed by atoms with Gasteiger partial charge in [-0.25, -0.2) is 8.78 Å². The largest absolute Gasteiger partial charge is 0.393 e. The number of hydrogen-bond donors (Lipinski definition) is 1. The van der Waals surface area contributed by atoms with Gasteiger partial charge in [-0.2, -0.15) is 0 Å². The number of rotatable bonds is 4. The number of likely N-dealkylation sites (tertiary alicyclic amines) is 1. The minimum Gasteiger partial charge on any atom is -0.393 e. The minimum absolute atomic E-state index is 0.160. The first-order valence-corrected chi connectivity index (χ1v) is 6.87. The molecular weight excluding hydrogens is 248 g/mol. The topological polar surface area (TPSA) is 23.5 Å². The zero-order chi connectivity index (χ0) is 13.9. The molecule has 1 saturated heterocycles. The van der Waals surface area contributed by atoms with Crippen LogP contribution in [0, 0.1) is 0 Å². The summed E-state index contributed by atoms with van der Waals surface area (Å²) in [6.07, 6.45) is -0.0543. The smallest absolute Gasteiger partial charge is 0.263 e. The Morgan fingerprint density at radius 3 is 2.63 bits per heavy atom. The molecule has 2 nitrogen and oxygen atoms in total. The van der Waals surface area contributed by atoms with Crippen molar-refractivity contribution < 1.29 is 13.9 Å². The Morgan fingerprint density at radius 2 is 2.00 bits per heavy atom. The fraction of sp³-hybridized carbons (Fsp3) is 0.600. The van der Waals surface area contributed by atoms with E-state index < -0.39 is 18.1 Å². The fourth-order valence-corrected chi connectivity index (χ4v) is 2.68. The van der Waals surface area contributed by atoms with Gasteiger partial charge in [0.1, 0.15) is 0 Å². The number of aliphatic hydroxyl groups excluding tert-OH is 1. The van der Waals surface area contributed by atoms with E-state index in [9.17, 15) is 13.9 Å². The van der Waals surface area contributed by atoms with Gasteiger partial charge in [0.05, 0.1) is 12.1 Å². The first-order chi connectivity index (χ1) is 9.03. The van der Waals surface area contributed by atoms with Gasteiger partial charge in [-0.05, 0) is 18.4 Å². The molecule has 1 aromatic rings. The molecule has 19 heavy (non-hydrogen) atoms. The maximum atomic E-state index is 14.0. The van der Waals surface area contributed by atoms with Gasteiger partial charge in [0.2, 0.25) is 0 Å². The number of aliphatic hydroxyl groups is 1. The van der Waals surface area contributed by atoms with Crippen molar-refractivity contribution in [1.82, 2.24) is 4.90 Å². The molecule has 1 aromatic carbocycles. The van der Waals surface area contributed by atoms with Gasteiger partial charge in [0.15, 0.2) is 0 Å². The van der Waals surface area contributed by atoms with Crippen LogP contribution >= 0.6 is 0 Å². The van der Waals surface area contributed by atoms with Gasteiger partial charge >= 0.3 is 0 Å². The Bertz CT molecular complexity index is 396. The highest BCUT2D eigenvalue weighted by Crippen LogP contribution is 2.34. The monoisotopic (exact) mass is 269 g/mol. The first kappa shape index (κ1) is 14.4. The van der Waals surface area contributed by atoms with E-state index in [1.807, 2.05) is 35.2 Å². The number of nitrogens with zero attached hydrogens (tertiary/aromatic N) is 1. The number of piperidine rings is 1. The maximum Gasteiger partial charge on any atom is 0.263 e. The molecular formula is C15H21F2NO. The van der Waals surface area contributed by atoms with Crippen LogP contribution < -0.4 is 0 Å². The van der Waals surface area contributed by atoms with E-state index in [-0.39, 0.29) is 12.8 Å². The number of alkyl halides is 2. The van der Waals surface area contributed by atoms with E-state index in [2.05, 4.69) is 0 Å². The highest BCUT2D eigenvalue weighted by Gasteiger charge is 2.44. The summed E-state index contributed by atoms with van der Waals surface area (Å²) in [7, 11) is 0. The Hall–Kier alpha value is -1.00. The SMILES string of the molecule is CCC(F)(F)C1CC(O)CCN1Cc1ccccc1. The second kappa shape index (κ2) is 5.97. The third-order valence-corrected chi connectivity index (χ3v) is 3.87. The van der Waals surface area contributed by atoms with Gasteiger partial charge in [-0.1, -0.05) is 37.3 Å². The van der Waals surface area contributed by atoms with Gasteiger partial charge in [0, 0.05) is 19.5 Å². The third-order valence-electron chi connectivity index (χ3n) is 3.87. The van der Waals surface area contributed by atoms with Crippen molar-refractivity contribution in [2.24, 2.45) is 0 Å². The minimum atomic E-state index is -2.74. The van der Waals surface area contributed by atoms with E-state index in [1.165, 1.54) is 6.92 Å². The Labute approximate surface area is 113 Å². The number of benzene rings is 1. The summed E-state index contributed by atoms with van der Waals surface area (Å²) in [6.45, 7) is 2.55. The summed E-state index contributed by atoms with van der Waals surface area (Å²) in [5, 5.41) is 9.66. The molecule has 1 fully saturated rings. The van der Waals surface area contributed by atoms with Crippen LogP contribution in [0.2, 0.25) is 0 Å². The van der Waals surface area contributed by atoms with Crippen LogP contribution in [0.15, 0.2) is 30.3 Å². The Balaban J connectivity index is 2.12. The molecule has 1 aliphatic rings. The van der Waals surface area contributed by atoms with Gasteiger partial charge in [0.25, 0.3) is 5.92 Å². The van der Waals surface area contributed by atoms with Gasteiger partial charge in [-0.15, -0.1) is 0 Å². The Kier molecular flexibility index (Phi) is 4.53. The van der Waals surface area contributed by atoms with E-state index in [0.717, 1.165) is 5.56 Å². The number of halogens is 2. The molecule has 4 heteroatoms. The lowest BCUT2D eigenvalue weighted by molar-refractivity contribution is -0.118. The zero-order valence-electron chi connectivity index (χ0n) is 11.2. The summed E-state index contributed by atoms with van der Waals surface area (Å²) < 4.78 is 28.0. The molecule has 2 atom stereocenters. The first-order valence-electron chi connectivity index (χ1n) is 6.87. The molecule has 0 saturated carbocycles. The van der Waals surface area contributed by atoms with Crippen LogP contribution in [0.1, 0.15) is 31.7 Å². The molecule has 1 aliphatic heterocycles. The van der Waals surface area contributed by atoms with Crippen molar-refractivity contribution in [1.29, 1.82) is 0 Å². The second-order valence-corrected chi connectivity index (χ2v) is 5.26. The third kappa shape index (κ3) is 3.51. The van der Waals surface area contributed by atoms with E-state index in [1.54, 1.807) is 0 Å². The van der Waals surface area contributed by atoms with Crippen LogP contribution in [-0.4, -0.2) is 34.6 Å². The summed E-state index contributed by atoms with van der Waals surface area (Å²) in [6, 6.07) is 8.80. The van der Waals surface area contributed by atoms with Crippen LogP contribution in [0.25, 0.3) is 0 Å². The summed E-state index contributed by atoms with van der Waals surface area (Å²) >= 11 is 0. The van der Waals surface area contributed by atoms with E-state index in [4.69, 9.17) is 0 Å². The highest BCUT2D eigenvalue weighted by molar-refractivity contribution is 5.15. The average molecular weight is 269 g/mol. The quantitative estimate of drug-likeness (QED) is 0.908. The predicted molar refractivity (Wildman–Crippen MR) is 71.1 cm³/mol. The highest BCUT2D eigenvalue weighted by atomic mass is 19.3. The maximum absolute atomic E-state index is 14.0. The van der Waals surface area contributed by atoms with Crippen molar-refractivity contribution in [3.63, 3.8) is 0 Å². The van der Waals surface area contributed by atoms with Crippen molar-refractivity contribution in [3.05, 3.63) is 35.9 Å². The van der Waals surface area contributed by atoms with Gasteiger partial charge in [-0.3, -0.25) is 4.90 Å². The standard InChI is InChI=1S/C15H21F2NO/c1-2-15(16,17)14-10-13(19)8-9-18(14)11-12-6-4-3-5-7-12/h3-7,13-14,19H,2,8-11H2,1H3. The zero-order valence-corrected chi connectivity index (χ0v) is 11.2. The molecule has 1 N–H and O–H groups in total. The Morgan fingerprint density at radius 1 is 1.32 bits per heavy atom. The molecule has 0 radical (unpaired) electrons. The average Bonchev–Trinajstić information content (AvgIpc) is 2.42. The summed E-state index contributed by atoms with van der Waals surface area (Å²) in [5.41, 5.74) is 1.04. The lowest BCUT2D eigenvalue weighted by Crippen LogP contribution is -2.52. The van der Waals surface area contributed by atoms with Crippen molar-refractivity contribution in [3.8, 4) is 0 Å². The van der Waals surface area contributed by atoms with Crippen molar-refractivity contribution in [2.45, 2.75) is 50.8 Å². The van der Waals surface area contributed by atoms with Gasteiger partial charge < -0.3 is 5.11 Å². The molecule has 0 amide bonds.